The molecule has 5 heteroatoms. The highest BCUT2D eigenvalue weighted by atomic mass is 35.5. The minimum Gasteiger partial charge on any atom is -0.329 e. The second-order valence-electron chi connectivity index (χ2n) is 6.82. The van der Waals surface area contributed by atoms with Gasteiger partial charge in [0.25, 0.3) is 0 Å². The van der Waals surface area contributed by atoms with E-state index in [0.717, 1.165) is 29.4 Å². The molecule has 3 aromatic rings. The minimum absolute atomic E-state index is 0.00471. The summed E-state index contributed by atoms with van der Waals surface area (Å²) in [6, 6.07) is 15.7. The van der Waals surface area contributed by atoms with Gasteiger partial charge in [0.1, 0.15) is 0 Å². The molecule has 0 bridgehead atoms. The maximum absolute atomic E-state index is 12.9. The third kappa shape index (κ3) is 4.01. The molecule has 27 heavy (non-hydrogen) atoms. The lowest BCUT2D eigenvalue weighted by Gasteiger charge is -2.28. The van der Waals surface area contributed by atoms with Gasteiger partial charge in [0.05, 0.1) is 29.0 Å². The van der Waals surface area contributed by atoms with Crippen LogP contribution in [0.25, 0.3) is 17.1 Å². The first kappa shape index (κ1) is 17.7. The van der Waals surface area contributed by atoms with Crippen molar-refractivity contribution in [2.45, 2.75) is 31.8 Å². The highest BCUT2D eigenvalue weighted by Gasteiger charge is 2.35. The van der Waals surface area contributed by atoms with Crippen molar-refractivity contribution in [2.24, 2.45) is 0 Å². The molecule has 1 amide bonds. The first-order valence-corrected chi connectivity index (χ1v) is 9.47. The topological polar surface area (TPSA) is 46.1 Å². The number of carbonyl (C=O) groups excluding carboxylic acids is 1. The molecule has 1 heterocycles. The van der Waals surface area contributed by atoms with Gasteiger partial charge < -0.3 is 4.90 Å². The highest BCUT2D eigenvalue weighted by molar-refractivity contribution is 6.30. The number of carbonyl (C=O) groups is 1. The summed E-state index contributed by atoms with van der Waals surface area (Å²) in [6.07, 6.45) is 7.13. The van der Waals surface area contributed by atoms with E-state index in [1.807, 2.05) is 53.4 Å². The molecule has 1 atom stereocenters. The molecule has 0 saturated heterocycles. The summed E-state index contributed by atoms with van der Waals surface area (Å²) in [4.78, 5) is 23.8. The number of aromatic nitrogens is 2. The Kier molecular flexibility index (Phi) is 4.90. The zero-order valence-corrected chi connectivity index (χ0v) is 15.8. The first-order chi connectivity index (χ1) is 13.1. The number of fused-ring (bicyclic) bond motifs is 1. The lowest BCUT2D eigenvalue weighted by molar-refractivity contribution is -0.128. The van der Waals surface area contributed by atoms with Gasteiger partial charge >= 0.3 is 0 Å². The summed E-state index contributed by atoms with van der Waals surface area (Å²) in [5, 5.41) is 0.699. The van der Waals surface area contributed by atoms with Crippen molar-refractivity contribution in [1.82, 2.24) is 14.9 Å². The summed E-state index contributed by atoms with van der Waals surface area (Å²) < 4.78 is 0. The zero-order chi connectivity index (χ0) is 18.8. The maximum atomic E-state index is 12.9. The molecule has 2 aromatic carbocycles. The van der Waals surface area contributed by atoms with Gasteiger partial charge in [0.2, 0.25) is 5.91 Å². The monoisotopic (exact) mass is 377 g/mol. The summed E-state index contributed by atoms with van der Waals surface area (Å²) in [5.74, 6) is -0.00471. The normalized spacial score (nSPS) is 15.2. The first-order valence-electron chi connectivity index (χ1n) is 9.09. The van der Waals surface area contributed by atoms with Gasteiger partial charge in [-0.1, -0.05) is 35.9 Å². The third-order valence-corrected chi connectivity index (χ3v) is 5.08. The van der Waals surface area contributed by atoms with Crippen LogP contribution in [-0.4, -0.2) is 26.8 Å². The molecule has 0 aliphatic heterocycles. The number of nitrogens with zero attached hydrogens (tertiary/aromatic N) is 3. The predicted molar refractivity (Wildman–Crippen MR) is 108 cm³/mol. The minimum atomic E-state index is -0.00500. The predicted octanol–water partition coefficient (Wildman–Crippen LogP) is 5.05. The van der Waals surface area contributed by atoms with Crippen molar-refractivity contribution >= 4 is 34.6 Å². The molecule has 1 aromatic heterocycles. The zero-order valence-electron chi connectivity index (χ0n) is 15.0. The van der Waals surface area contributed by atoms with Crippen molar-refractivity contribution < 1.29 is 4.79 Å². The Morgan fingerprint density at radius 2 is 1.85 bits per heavy atom. The van der Waals surface area contributed by atoms with Crippen molar-refractivity contribution in [3.8, 4) is 0 Å². The molecule has 0 spiro atoms. The van der Waals surface area contributed by atoms with Crippen LogP contribution >= 0.6 is 11.6 Å². The Balaban J connectivity index is 1.54. The largest absolute Gasteiger partial charge is 0.329 e. The molecule has 1 saturated carbocycles. The molecule has 1 aliphatic carbocycles. The molecule has 0 N–H and O–H groups in total. The fourth-order valence-electron chi connectivity index (χ4n) is 3.24. The summed E-state index contributed by atoms with van der Waals surface area (Å²) in [6.45, 7) is 2.06. The molecule has 4 nitrogen and oxygen atoms in total. The van der Waals surface area contributed by atoms with Crippen LogP contribution in [0.1, 0.15) is 37.1 Å². The number of benzene rings is 2. The lowest BCUT2D eigenvalue weighted by Crippen LogP contribution is -2.34. The second kappa shape index (κ2) is 7.49. The number of hydrogen-bond acceptors (Lipinski definition) is 3. The second-order valence-corrected chi connectivity index (χ2v) is 7.26. The van der Waals surface area contributed by atoms with E-state index < -0.39 is 0 Å². The molecular formula is C22H20ClN3O. The van der Waals surface area contributed by atoms with Crippen LogP contribution in [0.5, 0.6) is 0 Å². The third-order valence-electron chi connectivity index (χ3n) is 4.83. The smallest absolute Gasteiger partial charge is 0.247 e. The van der Waals surface area contributed by atoms with E-state index in [4.69, 9.17) is 11.6 Å². The van der Waals surface area contributed by atoms with E-state index in [9.17, 15) is 4.79 Å². The van der Waals surface area contributed by atoms with Crippen LogP contribution in [0.2, 0.25) is 5.02 Å². The van der Waals surface area contributed by atoms with E-state index in [1.54, 1.807) is 18.3 Å². The van der Waals surface area contributed by atoms with Gasteiger partial charge in [-0.15, -0.1) is 0 Å². The summed E-state index contributed by atoms with van der Waals surface area (Å²) in [5.41, 5.74) is 3.42. The number of rotatable bonds is 5. The van der Waals surface area contributed by atoms with E-state index in [2.05, 4.69) is 16.9 Å². The van der Waals surface area contributed by atoms with Gasteiger partial charge in [-0.3, -0.25) is 9.78 Å². The number of para-hydroxylation sites is 2. The Bertz CT molecular complexity index is 996. The Morgan fingerprint density at radius 1 is 1.15 bits per heavy atom. The fourth-order valence-corrected chi connectivity index (χ4v) is 3.36. The summed E-state index contributed by atoms with van der Waals surface area (Å²) in [7, 11) is 0. The van der Waals surface area contributed by atoms with Gasteiger partial charge in [-0.05, 0) is 55.7 Å². The fraction of sp³-hybridized carbons (Fsp3) is 0.227. The lowest BCUT2D eigenvalue weighted by atomic mass is 10.1. The SMILES string of the molecule is CC(c1ccc(Cl)cc1)N(C(=O)C=Cc1cnc2ccccc2n1)C1CC1. The Hall–Kier alpha value is -2.72. The maximum Gasteiger partial charge on any atom is 0.247 e. The molecular weight excluding hydrogens is 358 g/mol. The standard InChI is InChI=1S/C22H20ClN3O/c1-15(16-6-8-17(23)9-7-16)26(19-11-12-19)22(27)13-10-18-14-24-20-4-2-3-5-21(20)25-18/h2-10,13-15,19H,11-12H2,1H3. The number of halogens is 1. The van der Waals surface area contributed by atoms with Crippen LogP contribution in [0.4, 0.5) is 0 Å². The van der Waals surface area contributed by atoms with Crippen LogP contribution < -0.4 is 0 Å². The molecule has 136 valence electrons. The van der Waals surface area contributed by atoms with Gasteiger partial charge in [0, 0.05) is 17.1 Å². The average Bonchev–Trinajstić information content (AvgIpc) is 3.52. The molecule has 1 fully saturated rings. The average molecular weight is 378 g/mol. The quantitative estimate of drug-likeness (QED) is 0.584. The van der Waals surface area contributed by atoms with E-state index >= 15 is 0 Å². The Labute approximate surface area is 163 Å². The molecule has 1 unspecified atom stereocenters. The van der Waals surface area contributed by atoms with Crippen molar-refractivity contribution in [3.05, 3.63) is 77.1 Å². The number of amides is 1. The van der Waals surface area contributed by atoms with Crippen molar-refractivity contribution in [2.75, 3.05) is 0 Å². The molecule has 1 aliphatic rings. The Morgan fingerprint density at radius 3 is 2.56 bits per heavy atom. The molecule has 0 radical (unpaired) electrons. The van der Waals surface area contributed by atoms with Gasteiger partial charge in [-0.2, -0.15) is 0 Å². The van der Waals surface area contributed by atoms with Crippen LogP contribution in [0.3, 0.4) is 0 Å². The highest BCUT2D eigenvalue weighted by Crippen LogP contribution is 2.35. The van der Waals surface area contributed by atoms with Crippen molar-refractivity contribution in [1.29, 1.82) is 0 Å². The van der Waals surface area contributed by atoms with E-state index in [-0.39, 0.29) is 11.9 Å². The van der Waals surface area contributed by atoms with Crippen LogP contribution in [0.15, 0.2) is 60.8 Å². The summed E-state index contributed by atoms with van der Waals surface area (Å²) >= 11 is 5.99. The van der Waals surface area contributed by atoms with E-state index in [0.29, 0.717) is 16.8 Å². The van der Waals surface area contributed by atoms with E-state index in [1.165, 1.54) is 0 Å². The molecule has 4 rings (SSSR count). The van der Waals surface area contributed by atoms with Crippen molar-refractivity contribution in [3.63, 3.8) is 0 Å². The van der Waals surface area contributed by atoms with Crippen LogP contribution in [0, 0.1) is 0 Å². The van der Waals surface area contributed by atoms with Crippen LogP contribution in [-0.2, 0) is 4.79 Å². The van der Waals surface area contributed by atoms with Gasteiger partial charge in [0.15, 0.2) is 0 Å². The number of hydrogen-bond donors (Lipinski definition) is 0. The van der Waals surface area contributed by atoms with Gasteiger partial charge in [-0.25, -0.2) is 4.98 Å².